The summed E-state index contributed by atoms with van der Waals surface area (Å²) in [5, 5.41) is 0. The van der Waals surface area contributed by atoms with Gasteiger partial charge < -0.3 is 0 Å². The van der Waals surface area contributed by atoms with Gasteiger partial charge in [-0.15, -0.1) is 0 Å². The Morgan fingerprint density at radius 3 is 1.25 bits per heavy atom. The highest BCUT2D eigenvalue weighted by atomic mass is 19.4. The average Bonchev–Trinajstić information content (AvgIpc) is 3.44. The molecule has 0 spiro atoms. The number of allylic oxidation sites excluding steroid dienone is 12. The van der Waals surface area contributed by atoms with E-state index in [0.29, 0.717) is 0 Å². The Morgan fingerprint density at radius 2 is 0.875 bits per heavy atom. The molecule has 0 saturated heterocycles. The van der Waals surface area contributed by atoms with Crippen molar-refractivity contribution < 1.29 is 26.3 Å². The molecule has 0 amide bonds. The Labute approximate surface area is 176 Å². The van der Waals surface area contributed by atoms with E-state index in [1.54, 1.807) is 0 Å². The highest BCUT2D eigenvalue weighted by Crippen LogP contribution is 2.36. The average molecular weight is 444 g/mol. The Hall–Kier alpha value is -3.82. The predicted molar refractivity (Wildman–Crippen MR) is 109 cm³/mol. The van der Waals surface area contributed by atoms with Gasteiger partial charge in [0.1, 0.15) is 11.1 Å². The minimum absolute atomic E-state index is 0.124. The van der Waals surface area contributed by atoms with Crippen molar-refractivity contribution in [3.05, 3.63) is 94.7 Å². The monoisotopic (exact) mass is 444 g/mol. The van der Waals surface area contributed by atoms with Crippen LogP contribution in [0.4, 0.5) is 26.3 Å². The molecule has 0 fully saturated rings. The fourth-order valence-corrected chi connectivity index (χ4v) is 3.54. The fourth-order valence-electron chi connectivity index (χ4n) is 3.54. The molecule has 4 nitrogen and oxygen atoms in total. The zero-order chi connectivity index (χ0) is 22.7. The van der Waals surface area contributed by atoms with Crippen molar-refractivity contribution >= 4 is 22.8 Å². The lowest BCUT2D eigenvalue weighted by Crippen LogP contribution is -2.20. The molecule has 0 aromatic carbocycles. The molecule has 0 unspecified atom stereocenters. The van der Waals surface area contributed by atoms with Crippen LogP contribution in [0.3, 0.4) is 0 Å². The van der Waals surface area contributed by atoms with Gasteiger partial charge in [0.25, 0.3) is 0 Å². The number of alkyl halides is 6. The van der Waals surface area contributed by atoms with Crippen LogP contribution >= 0.6 is 0 Å². The minimum atomic E-state index is -4.73. The first-order valence-electron chi connectivity index (χ1n) is 9.22. The van der Waals surface area contributed by atoms with Gasteiger partial charge >= 0.3 is 12.4 Å². The van der Waals surface area contributed by atoms with Crippen LogP contribution < -0.4 is 0 Å². The summed E-state index contributed by atoms with van der Waals surface area (Å²) in [7, 11) is 0. The molecule has 10 heteroatoms. The largest absolute Gasteiger partial charge is 0.420 e. The summed E-state index contributed by atoms with van der Waals surface area (Å²) in [4.78, 5) is 16.0. The van der Waals surface area contributed by atoms with Crippen molar-refractivity contribution in [2.75, 3.05) is 0 Å². The molecule has 0 atom stereocenters. The van der Waals surface area contributed by atoms with Gasteiger partial charge in [-0.3, -0.25) is 0 Å². The lowest BCUT2D eigenvalue weighted by Gasteiger charge is -2.12. The molecule has 5 rings (SSSR count). The van der Waals surface area contributed by atoms with E-state index >= 15 is 0 Å². The summed E-state index contributed by atoms with van der Waals surface area (Å²) in [5.41, 5.74) is -2.90. The molecular formula is C22H10F6N4. The van der Waals surface area contributed by atoms with E-state index in [-0.39, 0.29) is 45.6 Å². The van der Waals surface area contributed by atoms with Crippen molar-refractivity contribution in [2.45, 2.75) is 12.4 Å². The molecular weight excluding hydrogens is 434 g/mol. The second-order valence-corrected chi connectivity index (χ2v) is 7.06. The van der Waals surface area contributed by atoms with E-state index in [1.807, 2.05) is 0 Å². The molecule has 8 bridgehead atoms. The highest BCUT2D eigenvalue weighted by molar-refractivity contribution is 6.17. The van der Waals surface area contributed by atoms with Crippen LogP contribution in [-0.4, -0.2) is 35.2 Å². The summed E-state index contributed by atoms with van der Waals surface area (Å²) >= 11 is 0. The maximum atomic E-state index is 13.8. The second-order valence-electron chi connectivity index (χ2n) is 7.06. The Bertz CT molecular complexity index is 1210. The fraction of sp³-hybridized carbons (Fsp3) is 0.0909. The lowest BCUT2D eigenvalue weighted by molar-refractivity contribution is -0.0875. The number of aliphatic imine (C=N–C) groups is 4. The molecule has 5 aliphatic heterocycles. The molecule has 160 valence electrons. The zero-order valence-corrected chi connectivity index (χ0v) is 15.8. The van der Waals surface area contributed by atoms with Crippen LogP contribution in [0.25, 0.3) is 0 Å². The van der Waals surface area contributed by atoms with Crippen LogP contribution in [0, 0.1) is 0 Å². The van der Waals surface area contributed by atoms with Crippen molar-refractivity contribution in [1.82, 2.24) is 0 Å². The molecule has 0 saturated carbocycles. The van der Waals surface area contributed by atoms with Crippen molar-refractivity contribution in [2.24, 2.45) is 20.0 Å². The van der Waals surface area contributed by atoms with Crippen LogP contribution in [0.2, 0.25) is 0 Å². The first-order valence-corrected chi connectivity index (χ1v) is 9.22. The number of nitrogens with zero attached hydrogens (tertiary/aromatic N) is 4. The first-order chi connectivity index (χ1) is 15.1. The van der Waals surface area contributed by atoms with Gasteiger partial charge in [-0.1, -0.05) is 0 Å². The summed E-state index contributed by atoms with van der Waals surface area (Å²) in [5.74, 6) is 0. The molecule has 0 N–H and O–H groups in total. The molecule has 0 radical (unpaired) electrons. The van der Waals surface area contributed by atoms with Gasteiger partial charge in [-0.2, -0.15) is 26.3 Å². The van der Waals surface area contributed by atoms with Crippen molar-refractivity contribution in [3.8, 4) is 0 Å². The van der Waals surface area contributed by atoms with Gasteiger partial charge in [0, 0.05) is 0 Å². The summed E-state index contributed by atoms with van der Waals surface area (Å²) < 4.78 is 82.9. The third kappa shape index (κ3) is 3.57. The number of halogens is 6. The maximum Gasteiger partial charge on any atom is 0.420 e. The summed E-state index contributed by atoms with van der Waals surface area (Å²) in [6.07, 6.45) is 3.26. The summed E-state index contributed by atoms with van der Waals surface area (Å²) in [6.45, 7) is 0. The number of rotatable bonds is 0. The smallest absolute Gasteiger partial charge is 0.248 e. The van der Waals surface area contributed by atoms with E-state index < -0.39 is 23.5 Å². The van der Waals surface area contributed by atoms with E-state index in [4.69, 9.17) is 0 Å². The highest BCUT2D eigenvalue weighted by Gasteiger charge is 2.41. The topological polar surface area (TPSA) is 49.4 Å². The molecule has 5 heterocycles. The maximum absolute atomic E-state index is 13.8. The van der Waals surface area contributed by atoms with Crippen molar-refractivity contribution in [1.29, 1.82) is 0 Å². The van der Waals surface area contributed by atoms with Gasteiger partial charge in [-0.25, -0.2) is 20.0 Å². The number of hydrogen-bond acceptors (Lipinski definition) is 4. The Kier molecular flexibility index (Phi) is 4.30. The van der Waals surface area contributed by atoms with Crippen LogP contribution in [-0.2, 0) is 0 Å². The van der Waals surface area contributed by atoms with E-state index in [1.165, 1.54) is 60.8 Å². The lowest BCUT2D eigenvalue weighted by atomic mass is 10.1. The quantitative estimate of drug-likeness (QED) is 0.447. The van der Waals surface area contributed by atoms with Gasteiger partial charge in [0.15, 0.2) is 0 Å². The normalized spacial score (nSPS) is 21.8. The van der Waals surface area contributed by atoms with Gasteiger partial charge in [-0.05, 0) is 60.8 Å². The third-order valence-corrected chi connectivity index (χ3v) is 4.83. The second kappa shape index (κ2) is 6.84. The van der Waals surface area contributed by atoms with Crippen LogP contribution in [0.5, 0.6) is 0 Å². The van der Waals surface area contributed by atoms with E-state index in [2.05, 4.69) is 20.0 Å². The SMILES string of the molecule is FC(F)(F)C1=C2C=CC(=N2)C=C2C=CC(=N2)C(C(F)(F)F)=C2C=CC(=N2)C=C2C=CC1=N2. The Morgan fingerprint density at radius 1 is 0.469 bits per heavy atom. The molecule has 0 aromatic heterocycles. The van der Waals surface area contributed by atoms with Gasteiger partial charge in [0.05, 0.1) is 45.6 Å². The van der Waals surface area contributed by atoms with Crippen LogP contribution in [0.15, 0.2) is 115 Å². The van der Waals surface area contributed by atoms with E-state index in [9.17, 15) is 26.3 Å². The van der Waals surface area contributed by atoms with Gasteiger partial charge in [0.2, 0.25) is 0 Å². The molecule has 0 aromatic rings. The van der Waals surface area contributed by atoms with Crippen LogP contribution in [0.1, 0.15) is 0 Å². The summed E-state index contributed by atoms with van der Waals surface area (Å²) in [6, 6.07) is 0. The minimum Gasteiger partial charge on any atom is -0.248 e. The predicted octanol–water partition coefficient (Wildman–Crippen LogP) is 5.44. The standard InChI is InChI=1S/C22H10F6N4/c23-21(24,25)19-15-5-1-11(29-15)9-12-2-6-17(30-12)20(22(26,27)28)18-8-4-14(32-18)10-13-3-7-16(19)31-13/h1-10H. The molecule has 5 aliphatic rings. The zero-order valence-electron chi connectivity index (χ0n) is 15.8. The number of hydrogen-bond donors (Lipinski definition) is 0. The van der Waals surface area contributed by atoms with E-state index in [0.717, 1.165) is 0 Å². The molecule has 32 heavy (non-hydrogen) atoms. The van der Waals surface area contributed by atoms with Crippen molar-refractivity contribution in [3.63, 3.8) is 0 Å². The molecule has 0 aliphatic carbocycles. The first kappa shape index (κ1) is 20.1. The Balaban J connectivity index is 1.75. The third-order valence-electron chi connectivity index (χ3n) is 4.83. The number of fused-ring (bicyclic) bond motifs is 4.